The second-order valence-electron chi connectivity index (χ2n) is 8.34. The Labute approximate surface area is 189 Å². The van der Waals surface area contributed by atoms with Crippen LogP contribution < -0.4 is 9.64 Å². The lowest BCUT2D eigenvalue weighted by molar-refractivity contribution is -0.137. The molecule has 2 aliphatic heterocycles. The molecule has 9 nitrogen and oxygen atoms in total. The van der Waals surface area contributed by atoms with E-state index < -0.39 is 10.0 Å². The van der Waals surface area contributed by atoms with Gasteiger partial charge in [-0.3, -0.25) is 4.79 Å². The summed E-state index contributed by atoms with van der Waals surface area (Å²) in [7, 11) is -2.01. The maximum absolute atomic E-state index is 13.1. The number of nitrogens with zero attached hydrogens (tertiary/aromatic N) is 4. The van der Waals surface area contributed by atoms with E-state index in [0.717, 1.165) is 24.5 Å². The molecule has 0 bridgehead atoms. The van der Waals surface area contributed by atoms with Gasteiger partial charge in [0.25, 0.3) is 0 Å². The lowest BCUT2D eigenvalue weighted by Crippen LogP contribution is -2.52. The molecule has 2 saturated heterocycles. The predicted octanol–water partition coefficient (Wildman–Crippen LogP) is 2.05. The average molecular weight is 463 g/mol. The number of hydrogen-bond acceptors (Lipinski definition) is 7. The van der Waals surface area contributed by atoms with Crippen molar-refractivity contribution in [2.75, 3.05) is 51.3 Å². The van der Waals surface area contributed by atoms with Gasteiger partial charge in [0.15, 0.2) is 5.76 Å². The highest BCUT2D eigenvalue weighted by Gasteiger charge is 2.37. The summed E-state index contributed by atoms with van der Waals surface area (Å²) in [4.78, 5) is 17.4. The number of amides is 1. The normalized spacial score (nSPS) is 18.7. The summed E-state index contributed by atoms with van der Waals surface area (Å²) in [5, 5.41) is 3.77. The number of benzene rings is 1. The quantitative estimate of drug-likeness (QED) is 0.671. The summed E-state index contributed by atoms with van der Waals surface area (Å²) < 4.78 is 37.7. The molecule has 0 unspecified atom stereocenters. The van der Waals surface area contributed by atoms with E-state index in [1.54, 1.807) is 21.0 Å². The number of aromatic nitrogens is 1. The van der Waals surface area contributed by atoms with Gasteiger partial charge >= 0.3 is 0 Å². The van der Waals surface area contributed by atoms with E-state index in [9.17, 15) is 13.2 Å². The van der Waals surface area contributed by atoms with Crippen molar-refractivity contribution in [3.8, 4) is 5.75 Å². The summed E-state index contributed by atoms with van der Waals surface area (Å²) in [6.45, 7) is 6.78. The first kappa shape index (κ1) is 22.6. The van der Waals surface area contributed by atoms with Crippen molar-refractivity contribution in [3.05, 3.63) is 35.7 Å². The molecule has 32 heavy (non-hydrogen) atoms. The Kier molecular flexibility index (Phi) is 6.43. The zero-order chi connectivity index (χ0) is 22.9. The van der Waals surface area contributed by atoms with Gasteiger partial charge in [-0.15, -0.1) is 0 Å². The maximum Gasteiger partial charge on any atom is 0.248 e. The molecular formula is C22H30N4O5S. The van der Waals surface area contributed by atoms with Crippen LogP contribution in [-0.4, -0.2) is 75.1 Å². The smallest absolute Gasteiger partial charge is 0.248 e. The van der Waals surface area contributed by atoms with Gasteiger partial charge in [-0.05, 0) is 51.0 Å². The molecule has 2 fully saturated rings. The molecule has 1 amide bonds. The van der Waals surface area contributed by atoms with E-state index in [-0.39, 0.29) is 16.7 Å². The van der Waals surface area contributed by atoms with Crippen LogP contribution >= 0.6 is 0 Å². The number of ether oxygens (including phenoxy) is 1. The van der Waals surface area contributed by atoms with Crippen LogP contribution in [0, 0.1) is 19.8 Å². The first-order valence-corrected chi connectivity index (χ1v) is 12.4. The Balaban J connectivity index is 1.31. The van der Waals surface area contributed by atoms with E-state index in [1.165, 1.54) is 4.31 Å². The van der Waals surface area contributed by atoms with E-state index in [2.05, 4.69) is 10.1 Å². The minimum atomic E-state index is -3.66. The van der Waals surface area contributed by atoms with Crippen molar-refractivity contribution in [1.29, 1.82) is 0 Å². The Morgan fingerprint density at radius 3 is 2.19 bits per heavy atom. The van der Waals surface area contributed by atoms with Gasteiger partial charge in [0.1, 0.15) is 16.3 Å². The number of rotatable bonds is 5. The minimum Gasteiger partial charge on any atom is -0.497 e. The van der Waals surface area contributed by atoms with E-state index in [0.29, 0.717) is 50.5 Å². The largest absolute Gasteiger partial charge is 0.497 e. The number of hydrogen-bond donors (Lipinski definition) is 0. The van der Waals surface area contributed by atoms with Crippen LogP contribution in [0.5, 0.6) is 5.75 Å². The summed E-state index contributed by atoms with van der Waals surface area (Å²) in [6, 6.07) is 7.95. The molecule has 4 rings (SSSR count). The molecule has 0 spiro atoms. The van der Waals surface area contributed by atoms with Gasteiger partial charge < -0.3 is 19.1 Å². The monoisotopic (exact) mass is 462 g/mol. The van der Waals surface area contributed by atoms with Crippen LogP contribution in [0.25, 0.3) is 0 Å². The van der Waals surface area contributed by atoms with Crippen molar-refractivity contribution < 1.29 is 22.5 Å². The second-order valence-corrected chi connectivity index (χ2v) is 10.2. The third-order valence-electron chi connectivity index (χ3n) is 6.40. The molecule has 0 aliphatic carbocycles. The van der Waals surface area contributed by atoms with Crippen molar-refractivity contribution >= 4 is 21.6 Å². The number of carbonyl (C=O) groups is 1. The van der Waals surface area contributed by atoms with Gasteiger partial charge in [0.05, 0.1) is 7.11 Å². The summed E-state index contributed by atoms with van der Waals surface area (Å²) in [6.07, 6.45) is 1.06. The van der Waals surface area contributed by atoms with Crippen molar-refractivity contribution in [2.24, 2.45) is 5.92 Å². The first-order valence-electron chi connectivity index (χ1n) is 10.9. The molecule has 0 radical (unpaired) electrons. The number of methoxy groups -OCH3 is 1. The molecule has 0 N–H and O–H groups in total. The lowest BCUT2D eigenvalue weighted by atomic mass is 9.96. The van der Waals surface area contributed by atoms with Gasteiger partial charge in [-0.25, -0.2) is 8.42 Å². The van der Waals surface area contributed by atoms with Crippen LogP contribution in [0.4, 0.5) is 5.69 Å². The predicted molar refractivity (Wildman–Crippen MR) is 119 cm³/mol. The van der Waals surface area contributed by atoms with E-state index in [1.807, 2.05) is 29.2 Å². The molecule has 0 saturated carbocycles. The van der Waals surface area contributed by atoms with Crippen LogP contribution in [-0.2, 0) is 14.8 Å². The van der Waals surface area contributed by atoms with Crippen LogP contribution in [0.3, 0.4) is 0 Å². The van der Waals surface area contributed by atoms with Gasteiger partial charge in [0.2, 0.25) is 15.9 Å². The Morgan fingerprint density at radius 1 is 1.03 bits per heavy atom. The van der Waals surface area contributed by atoms with Crippen LogP contribution in [0.2, 0.25) is 0 Å². The lowest BCUT2D eigenvalue weighted by Gasteiger charge is -2.39. The zero-order valence-corrected chi connectivity index (χ0v) is 19.6. The third-order valence-corrected chi connectivity index (χ3v) is 8.54. The molecule has 0 atom stereocenters. The fourth-order valence-electron chi connectivity index (χ4n) is 4.55. The van der Waals surface area contributed by atoms with Crippen LogP contribution in [0.15, 0.2) is 33.7 Å². The highest BCUT2D eigenvalue weighted by Crippen LogP contribution is 2.29. The third kappa shape index (κ3) is 4.33. The number of sulfonamides is 1. The molecule has 3 heterocycles. The highest BCUT2D eigenvalue weighted by atomic mass is 32.2. The van der Waals surface area contributed by atoms with Gasteiger partial charge in [0, 0.05) is 50.9 Å². The van der Waals surface area contributed by atoms with E-state index in [4.69, 9.17) is 9.26 Å². The fraction of sp³-hybridized carbons (Fsp3) is 0.545. The summed E-state index contributed by atoms with van der Waals surface area (Å²) in [5.74, 6) is 1.12. The van der Waals surface area contributed by atoms with Gasteiger partial charge in [-0.1, -0.05) is 5.16 Å². The molecule has 2 aliphatic rings. The molecule has 10 heteroatoms. The van der Waals surface area contributed by atoms with Crippen LogP contribution in [0.1, 0.15) is 24.3 Å². The highest BCUT2D eigenvalue weighted by molar-refractivity contribution is 7.89. The standard InChI is InChI=1S/C22H30N4O5S/c1-16-21(17(2)31-23-16)32(28,29)26-10-8-18(9-11-26)22(27)25-14-12-24(13-15-25)19-4-6-20(30-3)7-5-19/h4-7,18H,8-15H2,1-3H3. The van der Waals surface area contributed by atoms with Crippen molar-refractivity contribution in [3.63, 3.8) is 0 Å². The molecular weight excluding hydrogens is 432 g/mol. The SMILES string of the molecule is COc1ccc(N2CCN(C(=O)C3CCN(S(=O)(=O)c4c(C)noc4C)CC3)CC2)cc1. The Hall–Kier alpha value is -2.59. The number of piperidine rings is 1. The second kappa shape index (κ2) is 9.11. The first-order chi connectivity index (χ1) is 15.3. The molecule has 174 valence electrons. The molecule has 2 aromatic rings. The minimum absolute atomic E-state index is 0.133. The van der Waals surface area contributed by atoms with Gasteiger partial charge in [-0.2, -0.15) is 4.31 Å². The average Bonchev–Trinajstić information content (AvgIpc) is 3.17. The number of aryl methyl sites for hydroxylation is 2. The van der Waals surface area contributed by atoms with E-state index >= 15 is 0 Å². The number of piperazine rings is 1. The van der Waals surface area contributed by atoms with Crippen molar-refractivity contribution in [1.82, 2.24) is 14.4 Å². The zero-order valence-electron chi connectivity index (χ0n) is 18.8. The van der Waals surface area contributed by atoms with Crippen molar-refractivity contribution in [2.45, 2.75) is 31.6 Å². The summed E-state index contributed by atoms with van der Waals surface area (Å²) >= 11 is 0. The molecule has 1 aromatic heterocycles. The Bertz CT molecular complexity index is 1030. The maximum atomic E-state index is 13.1. The number of anilines is 1. The fourth-order valence-corrected chi connectivity index (χ4v) is 6.31. The summed E-state index contributed by atoms with van der Waals surface area (Å²) in [5.41, 5.74) is 1.49. The molecule has 1 aromatic carbocycles. The number of carbonyl (C=O) groups excluding carboxylic acids is 1. The topological polar surface area (TPSA) is 96.2 Å². The Morgan fingerprint density at radius 2 is 1.66 bits per heavy atom.